The maximum absolute atomic E-state index is 14.3. The maximum atomic E-state index is 14.3. The van der Waals surface area contributed by atoms with Crippen LogP contribution in [-0.4, -0.2) is 25.8 Å². The normalized spacial score (nSPS) is 20.7. The minimum atomic E-state index is -3.88. The minimum absolute atomic E-state index is 0.104. The molecule has 0 aromatic heterocycles. The van der Waals surface area contributed by atoms with Crippen LogP contribution in [0, 0.1) is 11.7 Å². The number of benzene rings is 1. The molecule has 1 aromatic carbocycles. The molecule has 0 radical (unpaired) electrons. The second kappa shape index (κ2) is 6.82. The van der Waals surface area contributed by atoms with Crippen molar-refractivity contribution in [1.82, 2.24) is 4.31 Å². The SMILES string of the molecule is CCC1CCCN(S(=O)(=O)c2cc(Cl)cc(CCl)c2F)C1. The third-order valence-electron chi connectivity index (χ3n) is 3.90. The number of piperidine rings is 1. The van der Waals surface area contributed by atoms with E-state index in [1.807, 2.05) is 6.92 Å². The number of rotatable bonds is 4. The monoisotopic (exact) mass is 353 g/mol. The summed E-state index contributed by atoms with van der Waals surface area (Å²) in [6, 6.07) is 2.52. The van der Waals surface area contributed by atoms with Crippen molar-refractivity contribution in [3.63, 3.8) is 0 Å². The van der Waals surface area contributed by atoms with Crippen LogP contribution in [0.4, 0.5) is 4.39 Å². The van der Waals surface area contributed by atoms with Crippen molar-refractivity contribution in [2.24, 2.45) is 5.92 Å². The van der Waals surface area contributed by atoms with Crippen LogP contribution in [0.1, 0.15) is 31.7 Å². The molecule has 0 bridgehead atoms. The Bertz CT molecular complexity index is 622. The molecule has 1 aromatic rings. The van der Waals surface area contributed by atoms with Gasteiger partial charge < -0.3 is 0 Å². The van der Waals surface area contributed by atoms with Crippen LogP contribution in [0.25, 0.3) is 0 Å². The lowest BCUT2D eigenvalue weighted by Crippen LogP contribution is -2.40. The summed E-state index contributed by atoms with van der Waals surface area (Å²) in [5, 5.41) is 0.176. The molecule has 1 aliphatic heterocycles. The lowest BCUT2D eigenvalue weighted by atomic mass is 9.97. The number of sulfonamides is 1. The van der Waals surface area contributed by atoms with E-state index in [-0.39, 0.29) is 21.4 Å². The summed E-state index contributed by atoms with van der Waals surface area (Å²) >= 11 is 11.5. The van der Waals surface area contributed by atoms with E-state index in [1.165, 1.54) is 10.4 Å². The first-order valence-corrected chi connectivity index (χ1v) is 9.29. The third kappa shape index (κ3) is 3.52. The second-order valence-corrected chi connectivity index (χ2v) is 7.90. The largest absolute Gasteiger partial charge is 0.246 e. The first-order chi connectivity index (χ1) is 9.90. The van der Waals surface area contributed by atoms with Crippen molar-refractivity contribution < 1.29 is 12.8 Å². The molecule has 0 N–H and O–H groups in total. The van der Waals surface area contributed by atoms with Gasteiger partial charge in [-0.25, -0.2) is 12.8 Å². The Morgan fingerprint density at radius 3 is 2.76 bits per heavy atom. The van der Waals surface area contributed by atoms with Crippen molar-refractivity contribution in [1.29, 1.82) is 0 Å². The molecule has 1 heterocycles. The van der Waals surface area contributed by atoms with Crippen molar-refractivity contribution in [2.45, 2.75) is 37.0 Å². The van der Waals surface area contributed by atoms with Crippen LogP contribution in [0.2, 0.25) is 5.02 Å². The van der Waals surface area contributed by atoms with Crippen LogP contribution in [0.15, 0.2) is 17.0 Å². The van der Waals surface area contributed by atoms with E-state index < -0.39 is 15.8 Å². The Morgan fingerprint density at radius 2 is 2.14 bits per heavy atom. The Morgan fingerprint density at radius 1 is 1.43 bits per heavy atom. The first-order valence-electron chi connectivity index (χ1n) is 6.94. The van der Waals surface area contributed by atoms with Gasteiger partial charge in [-0.3, -0.25) is 0 Å². The maximum Gasteiger partial charge on any atom is 0.246 e. The summed E-state index contributed by atoms with van der Waals surface area (Å²) < 4.78 is 41.0. The zero-order valence-electron chi connectivity index (χ0n) is 11.8. The van der Waals surface area contributed by atoms with Gasteiger partial charge in [-0.2, -0.15) is 4.31 Å². The van der Waals surface area contributed by atoms with Gasteiger partial charge in [-0.1, -0.05) is 24.9 Å². The number of hydrogen-bond acceptors (Lipinski definition) is 2. The molecule has 0 amide bonds. The molecular weight excluding hydrogens is 336 g/mol. The Hall–Kier alpha value is -0.360. The lowest BCUT2D eigenvalue weighted by molar-refractivity contribution is 0.261. The van der Waals surface area contributed by atoms with E-state index in [4.69, 9.17) is 23.2 Å². The predicted octanol–water partition coefficient (Wildman–Crippen LogP) is 4.03. The highest BCUT2D eigenvalue weighted by atomic mass is 35.5. The summed E-state index contributed by atoms with van der Waals surface area (Å²) in [5.74, 6) is -0.594. The summed E-state index contributed by atoms with van der Waals surface area (Å²) in [4.78, 5) is -0.373. The molecule has 1 aliphatic rings. The highest BCUT2D eigenvalue weighted by molar-refractivity contribution is 7.89. The molecule has 7 heteroatoms. The quantitative estimate of drug-likeness (QED) is 0.766. The highest BCUT2D eigenvalue weighted by Gasteiger charge is 2.32. The lowest BCUT2D eigenvalue weighted by Gasteiger charge is -2.31. The first kappa shape index (κ1) is 17.0. The molecule has 0 spiro atoms. The van der Waals surface area contributed by atoms with Crippen LogP contribution >= 0.6 is 23.2 Å². The van der Waals surface area contributed by atoms with E-state index in [2.05, 4.69) is 0 Å². The van der Waals surface area contributed by atoms with Gasteiger partial charge in [0, 0.05) is 23.7 Å². The Labute approximate surface area is 135 Å². The molecule has 1 atom stereocenters. The number of nitrogens with zero attached hydrogens (tertiary/aromatic N) is 1. The van der Waals surface area contributed by atoms with Crippen LogP contribution in [0.3, 0.4) is 0 Å². The summed E-state index contributed by atoms with van der Waals surface area (Å²) in [6.45, 7) is 2.88. The zero-order valence-corrected chi connectivity index (χ0v) is 14.1. The van der Waals surface area contributed by atoms with Crippen molar-refractivity contribution in [3.8, 4) is 0 Å². The fourth-order valence-electron chi connectivity index (χ4n) is 2.62. The highest BCUT2D eigenvalue weighted by Crippen LogP contribution is 2.30. The van der Waals surface area contributed by atoms with E-state index >= 15 is 0 Å². The van der Waals surface area contributed by atoms with Crippen LogP contribution in [-0.2, 0) is 15.9 Å². The van der Waals surface area contributed by atoms with Crippen molar-refractivity contribution in [2.75, 3.05) is 13.1 Å². The third-order valence-corrected chi connectivity index (χ3v) is 6.27. The fraction of sp³-hybridized carbons (Fsp3) is 0.571. The molecule has 0 aliphatic carbocycles. The van der Waals surface area contributed by atoms with Crippen molar-refractivity contribution >= 4 is 33.2 Å². The van der Waals surface area contributed by atoms with E-state index in [1.54, 1.807) is 0 Å². The predicted molar refractivity (Wildman–Crippen MR) is 82.7 cm³/mol. The van der Waals surface area contributed by atoms with Gasteiger partial charge in [0.2, 0.25) is 10.0 Å². The van der Waals surface area contributed by atoms with Gasteiger partial charge in [0.15, 0.2) is 0 Å². The Kier molecular flexibility index (Phi) is 5.52. The van der Waals surface area contributed by atoms with Gasteiger partial charge in [-0.05, 0) is 30.9 Å². The number of alkyl halides is 1. The van der Waals surface area contributed by atoms with Gasteiger partial charge in [-0.15, -0.1) is 11.6 Å². The number of halogens is 3. The Balaban J connectivity index is 2.42. The van der Waals surface area contributed by atoms with Gasteiger partial charge in [0.05, 0.1) is 5.88 Å². The van der Waals surface area contributed by atoms with E-state index in [9.17, 15) is 12.8 Å². The molecule has 1 fully saturated rings. The molecule has 2 rings (SSSR count). The van der Waals surface area contributed by atoms with Crippen LogP contribution in [0.5, 0.6) is 0 Å². The van der Waals surface area contributed by atoms with Gasteiger partial charge in [0.25, 0.3) is 0 Å². The van der Waals surface area contributed by atoms with Gasteiger partial charge >= 0.3 is 0 Å². The summed E-state index contributed by atoms with van der Waals surface area (Å²) in [6.07, 6.45) is 2.72. The second-order valence-electron chi connectivity index (χ2n) is 5.29. The average Bonchev–Trinajstić information content (AvgIpc) is 2.49. The molecule has 0 saturated carbocycles. The molecule has 118 valence electrons. The molecule has 21 heavy (non-hydrogen) atoms. The van der Waals surface area contributed by atoms with E-state index in [0.29, 0.717) is 19.0 Å². The zero-order chi connectivity index (χ0) is 15.6. The molecule has 1 unspecified atom stereocenters. The van der Waals surface area contributed by atoms with Crippen LogP contribution < -0.4 is 0 Å². The minimum Gasteiger partial charge on any atom is -0.207 e. The molecular formula is C14H18Cl2FNO2S. The topological polar surface area (TPSA) is 37.4 Å². The molecule has 1 saturated heterocycles. The smallest absolute Gasteiger partial charge is 0.207 e. The standard InChI is InChI=1S/C14H18Cl2FNO2S/c1-2-10-4-3-5-18(9-10)21(19,20)13-7-12(16)6-11(8-15)14(13)17/h6-7,10H,2-5,8-9H2,1H3. The van der Waals surface area contributed by atoms with Gasteiger partial charge in [0.1, 0.15) is 10.7 Å². The fourth-order valence-corrected chi connectivity index (χ4v) is 4.81. The summed E-state index contributed by atoms with van der Waals surface area (Å²) in [7, 11) is -3.88. The summed E-state index contributed by atoms with van der Waals surface area (Å²) in [5.41, 5.74) is 0.104. The molecule has 3 nitrogen and oxygen atoms in total. The van der Waals surface area contributed by atoms with Crippen molar-refractivity contribution in [3.05, 3.63) is 28.5 Å². The number of hydrogen-bond donors (Lipinski definition) is 0. The average molecular weight is 354 g/mol. The van der Waals surface area contributed by atoms with E-state index in [0.717, 1.165) is 25.3 Å².